The third-order valence-corrected chi connectivity index (χ3v) is 6.49. The van der Waals surface area contributed by atoms with E-state index in [-0.39, 0.29) is 18.7 Å². The molecular weight excluding hydrogens is 472 g/mol. The van der Waals surface area contributed by atoms with Crippen molar-refractivity contribution in [1.29, 1.82) is 0 Å². The molecule has 36 heavy (non-hydrogen) atoms. The fraction of sp³-hybridized carbons (Fsp3) is 0.0667. The summed E-state index contributed by atoms with van der Waals surface area (Å²) in [7, 11) is 0. The minimum absolute atomic E-state index is 0.195. The van der Waals surface area contributed by atoms with Crippen LogP contribution in [-0.2, 0) is 0 Å². The van der Waals surface area contributed by atoms with E-state index in [2.05, 4.69) is 5.32 Å². The number of nitrogens with one attached hydrogen (secondary N) is 1. The summed E-state index contributed by atoms with van der Waals surface area (Å²) in [5.41, 5.74) is 4.72. The van der Waals surface area contributed by atoms with Gasteiger partial charge in [-0.3, -0.25) is 4.79 Å². The van der Waals surface area contributed by atoms with E-state index in [0.717, 1.165) is 27.6 Å². The molecule has 0 saturated heterocycles. The third-order valence-electron chi connectivity index (χ3n) is 6.24. The number of amides is 1. The summed E-state index contributed by atoms with van der Waals surface area (Å²) in [5.74, 6) is 1.17. The zero-order valence-corrected chi connectivity index (χ0v) is 19.9. The van der Waals surface area contributed by atoms with E-state index in [1.165, 1.54) is 0 Å². The second kappa shape index (κ2) is 9.36. The minimum Gasteiger partial charge on any atom is -0.454 e. The van der Waals surface area contributed by atoms with Crippen molar-refractivity contribution in [2.45, 2.75) is 6.04 Å². The number of halogens is 1. The van der Waals surface area contributed by atoms with Gasteiger partial charge in [-0.1, -0.05) is 72.3 Å². The van der Waals surface area contributed by atoms with Crippen molar-refractivity contribution < 1.29 is 14.3 Å². The number of ether oxygens (including phenoxy) is 2. The summed E-state index contributed by atoms with van der Waals surface area (Å²) in [5, 5.41) is 4.67. The summed E-state index contributed by atoms with van der Waals surface area (Å²) in [6.07, 6.45) is 0. The van der Waals surface area contributed by atoms with Crippen LogP contribution in [0.3, 0.4) is 0 Å². The van der Waals surface area contributed by atoms with Crippen LogP contribution < -0.4 is 14.8 Å². The summed E-state index contributed by atoms with van der Waals surface area (Å²) >= 11 is 6.13. The number of para-hydroxylation sites is 1. The van der Waals surface area contributed by atoms with Crippen LogP contribution in [0.15, 0.2) is 103 Å². The molecule has 1 aromatic heterocycles. The first-order valence-electron chi connectivity index (χ1n) is 11.6. The van der Waals surface area contributed by atoms with Crippen LogP contribution in [0.5, 0.6) is 11.5 Å². The molecule has 176 valence electrons. The molecule has 0 saturated carbocycles. The predicted octanol–water partition coefficient (Wildman–Crippen LogP) is 6.80. The van der Waals surface area contributed by atoms with Gasteiger partial charge >= 0.3 is 0 Å². The first-order chi connectivity index (χ1) is 17.7. The van der Waals surface area contributed by atoms with Crippen LogP contribution in [0.2, 0.25) is 5.02 Å². The van der Waals surface area contributed by atoms with E-state index in [4.69, 9.17) is 26.1 Å². The lowest BCUT2D eigenvalue weighted by Crippen LogP contribution is -2.29. The lowest BCUT2D eigenvalue weighted by molar-refractivity contribution is 0.0944. The summed E-state index contributed by atoms with van der Waals surface area (Å²) < 4.78 is 11.0. The Morgan fingerprint density at radius 2 is 1.53 bits per heavy atom. The smallest absolute Gasteiger partial charge is 0.252 e. The molecule has 5 aromatic rings. The van der Waals surface area contributed by atoms with E-state index in [9.17, 15) is 4.79 Å². The van der Waals surface area contributed by atoms with Crippen molar-refractivity contribution >= 4 is 28.4 Å². The van der Waals surface area contributed by atoms with Gasteiger partial charge in [-0.05, 0) is 53.6 Å². The SMILES string of the molecule is O=C(N[C@H](c1ccccc1)c1ccc(Cl)cc1)c1cc(-c2ccc3c(c2)OCO3)nc2ccccc12. The molecule has 1 atom stereocenters. The minimum atomic E-state index is -0.350. The van der Waals surface area contributed by atoms with Crippen molar-refractivity contribution in [3.8, 4) is 22.8 Å². The van der Waals surface area contributed by atoms with Crippen molar-refractivity contribution in [2.24, 2.45) is 0 Å². The van der Waals surface area contributed by atoms with Crippen LogP contribution >= 0.6 is 11.6 Å². The monoisotopic (exact) mass is 492 g/mol. The van der Waals surface area contributed by atoms with Gasteiger partial charge in [0.1, 0.15) is 0 Å². The Morgan fingerprint density at radius 1 is 0.806 bits per heavy atom. The van der Waals surface area contributed by atoms with Gasteiger partial charge in [0.15, 0.2) is 11.5 Å². The topological polar surface area (TPSA) is 60.5 Å². The molecule has 2 heterocycles. The molecule has 1 N–H and O–H groups in total. The Balaban J connectivity index is 1.42. The van der Waals surface area contributed by atoms with Gasteiger partial charge in [0.25, 0.3) is 5.91 Å². The van der Waals surface area contributed by atoms with Crippen LogP contribution in [-0.4, -0.2) is 17.7 Å². The van der Waals surface area contributed by atoms with Gasteiger partial charge in [-0.2, -0.15) is 0 Å². The highest BCUT2D eigenvalue weighted by atomic mass is 35.5. The largest absolute Gasteiger partial charge is 0.454 e. The van der Waals surface area contributed by atoms with E-state index in [0.29, 0.717) is 27.8 Å². The molecular formula is C30H21ClN2O3. The van der Waals surface area contributed by atoms with Crippen molar-refractivity contribution in [3.63, 3.8) is 0 Å². The number of carbonyl (C=O) groups is 1. The second-order valence-corrected chi connectivity index (χ2v) is 8.95. The summed E-state index contributed by atoms with van der Waals surface area (Å²) in [4.78, 5) is 18.7. The Bertz CT molecular complexity index is 1570. The van der Waals surface area contributed by atoms with Gasteiger partial charge in [-0.15, -0.1) is 0 Å². The van der Waals surface area contributed by atoms with Crippen LogP contribution in [0.25, 0.3) is 22.2 Å². The average Bonchev–Trinajstić information content (AvgIpc) is 3.40. The van der Waals surface area contributed by atoms with Gasteiger partial charge in [-0.25, -0.2) is 4.98 Å². The molecule has 5 nitrogen and oxygen atoms in total. The third kappa shape index (κ3) is 4.25. The lowest BCUT2D eigenvalue weighted by atomic mass is 9.97. The van der Waals surface area contributed by atoms with Gasteiger partial charge in [0.2, 0.25) is 6.79 Å². The van der Waals surface area contributed by atoms with Gasteiger partial charge in [0.05, 0.1) is 22.8 Å². The average molecular weight is 493 g/mol. The molecule has 6 rings (SSSR count). The van der Waals surface area contributed by atoms with Crippen molar-refractivity contribution in [2.75, 3.05) is 6.79 Å². The Labute approximate surface area is 213 Å². The normalized spacial score (nSPS) is 12.9. The number of benzene rings is 4. The molecule has 4 aromatic carbocycles. The van der Waals surface area contributed by atoms with E-state index >= 15 is 0 Å². The van der Waals surface area contributed by atoms with E-state index in [1.807, 2.05) is 103 Å². The second-order valence-electron chi connectivity index (χ2n) is 8.51. The Hall–Kier alpha value is -4.35. The molecule has 0 bridgehead atoms. The predicted molar refractivity (Wildman–Crippen MR) is 141 cm³/mol. The first-order valence-corrected chi connectivity index (χ1v) is 11.9. The molecule has 6 heteroatoms. The highest BCUT2D eigenvalue weighted by Crippen LogP contribution is 2.36. The number of hydrogen-bond acceptors (Lipinski definition) is 4. The highest BCUT2D eigenvalue weighted by Gasteiger charge is 2.21. The van der Waals surface area contributed by atoms with Crippen molar-refractivity contribution in [1.82, 2.24) is 10.3 Å². The maximum atomic E-state index is 13.8. The van der Waals surface area contributed by atoms with Crippen LogP contribution in [0.4, 0.5) is 0 Å². The molecule has 0 aliphatic carbocycles. The number of rotatable bonds is 5. The zero-order valence-electron chi connectivity index (χ0n) is 19.1. The molecule has 0 fully saturated rings. The van der Waals surface area contributed by atoms with Crippen LogP contribution in [0.1, 0.15) is 27.5 Å². The lowest BCUT2D eigenvalue weighted by Gasteiger charge is -2.21. The maximum Gasteiger partial charge on any atom is 0.252 e. The molecule has 0 unspecified atom stereocenters. The van der Waals surface area contributed by atoms with Crippen molar-refractivity contribution in [3.05, 3.63) is 125 Å². The standard InChI is InChI=1S/C30H21ClN2O3/c31-22-13-10-20(11-14-22)29(19-6-2-1-3-7-19)33-30(34)24-17-26(32-25-9-5-4-8-23(24)25)21-12-15-27-28(16-21)36-18-35-27/h1-17,29H,18H2,(H,33,34)/t29-/m1/s1. The maximum absolute atomic E-state index is 13.8. The molecule has 1 amide bonds. The number of fused-ring (bicyclic) bond motifs is 2. The number of nitrogens with zero attached hydrogens (tertiary/aromatic N) is 1. The fourth-order valence-corrected chi connectivity index (χ4v) is 4.56. The summed E-state index contributed by atoms with van der Waals surface area (Å²) in [6, 6.07) is 32.2. The quantitative estimate of drug-likeness (QED) is 0.293. The Kier molecular flexibility index (Phi) is 5.76. The molecule has 0 spiro atoms. The summed E-state index contributed by atoms with van der Waals surface area (Å²) in [6.45, 7) is 0.198. The number of pyridine rings is 1. The van der Waals surface area contributed by atoms with Gasteiger partial charge in [0, 0.05) is 16.0 Å². The molecule has 0 radical (unpaired) electrons. The fourth-order valence-electron chi connectivity index (χ4n) is 4.44. The number of carbonyl (C=O) groups excluding carboxylic acids is 1. The Morgan fingerprint density at radius 3 is 2.36 bits per heavy atom. The van der Waals surface area contributed by atoms with E-state index < -0.39 is 0 Å². The first kappa shape index (κ1) is 22.1. The number of hydrogen-bond donors (Lipinski definition) is 1. The van der Waals surface area contributed by atoms with Gasteiger partial charge < -0.3 is 14.8 Å². The number of aromatic nitrogens is 1. The highest BCUT2D eigenvalue weighted by molar-refractivity contribution is 6.30. The molecule has 1 aliphatic heterocycles. The van der Waals surface area contributed by atoms with Crippen LogP contribution in [0, 0.1) is 0 Å². The van der Waals surface area contributed by atoms with E-state index in [1.54, 1.807) is 0 Å². The molecule has 1 aliphatic rings. The zero-order chi connectivity index (χ0) is 24.5.